The molecule has 1 unspecified atom stereocenters. The molecule has 0 aliphatic heterocycles. The van der Waals surface area contributed by atoms with E-state index in [1.54, 1.807) is 31.5 Å². The minimum Gasteiger partial charge on any atom is -0.461 e. The third kappa shape index (κ3) is 5.34. The van der Waals surface area contributed by atoms with E-state index in [9.17, 15) is 9.90 Å². The maximum Gasteiger partial charge on any atom is 0.357 e. The zero-order valence-electron chi connectivity index (χ0n) is 17.6. The number of hydrogen-bond donors (Lipinski definition) is 3. The van der Waals surface area contributed by atoms with Crippen molar-refractivity contribution in [3.63, 3.8) is 0 Å². The summed E-state index contributed by atoms with van der Waals surface area (Å²) in [5.41, 5.74) is 8.65. The van der Waals surface area contributed by atoms with E-state index in [1.807, 2.05) is 22.8 Å². The lowest BCUT2D eigenvalue weighted by atomic mass is 9.99. The van der Waals surface area contributed by atoms with Gasteiger partial charge in [0.25, 0.3) is 0 Å². The second-order valence-corrected chi connectivity index (χ2v) is 7.90. The van der Waals surface area contributed by atoms with Crippen LogP contribution in [-0.2, 0) is 11.3 Å². The van der Waals surface area contributed by atoms with Crippen LogP contribution in [0.5, 0.6) is 0 Å². The van der Waals surface area contributed by atoms with Gasteiger partial charge in [-0.25, -0.2) is 14.8 Å². The van der Waals surface area contributed by atoms with E-state index in [4.69, 9.17) is 10.5 Å². The van der Waals surface area contributed by atoms with Gasteiger partial charge in [0.2, 0.25) is 0 Å². The highest BCUT2D eigenvalue weighted by molar-refractivity contribution is 5.89. The summed E-state index contributed by atoms with van der Waals surface area (Å²) in [6.07, 6.45) is 1.90. The Morgan fingerprint density at radius 3 is 2.87 bits per heavy atom. The number of aliphatic hydroxyl groups excluding tert-OH is 1. The van der Waals surface area contributed by atoms with Crippen LogP contribution < -0.4 is 11.1 Å². The number of β-amino-alcohol motifs (C(OH)–C–C–N with tert-alkyl or cyclic N) is 1. The summed E-state index contributed by atoms with van der Waals surface area (Å²) in [5, 5.41) is 13.9. The highest BCUT2D eigenvalue weighted by Crippen LogP contribution is 2.19. The zero-order chi connectivity index (χ0) is 21.7. The quantitative estimate of drug-likeness (QED) is 0.366. The van der Waals surface area contributed by atoms with Crippen molar-refractivity contribution < 1.29 is 14.6 Å². The molecule has 3 aromatic rings. The lowest BCUT2D eigenvalue weighted by molar-refractivity contribution is 0.0520. The number of rotatable bonds is 9. The number of aliphatic hydroxyl groups is 1. The number of benzene rings is 1. The Labute approximate surface area is 176 Å². The van der Waals surface area contributed by atoms with Gasteiger partial charge in [0.15, 0.2) is 11.3 Å². The summed E-state index contributed by atoms with van der Waals surface area (Å²) in [6.45, 7) is 7.39. The van der Waals surface area contributed by atoms with Gasteiger partial charge in [0.05, 0.1) is 24.6 Å². The first-order valence-electron chi connectivity index (χ1n) is 10.1. The van der Waals surface area contributed by atoms with Crippen molar-refractivity contribution in [3.05, 3.63) is 54.0 Å². The molecule has 0 saturated heterocycles. The SMILES string of the molecule is CCOC(=O)c1ccc2c(ncn2CCC(C)(C)NCC(O)c2cccc(N)c2)n1. The molecular formula is C22H29N5O3. The fraction of sp³-hybridized carbons (Fsp3) is 0.409. The van der Waals surface area contributed by atoms with Crippen LogP contribution in [0, 0.1) is 0 Å². The summed E-state index contributed by atoms with van der Waals surface area (Å²) in [4.78, 5) is 20.5. The standard InChI is InChI=1S/C22H29N5O3/c1-4-30-21(29)17-8-9-18-20(26-17)24-14-27(18)11-10-22(2,3)25-13-19(28)15-6-5-7-16(23)12-15/h5-9,12,14,19,25,28H,4,10-11,13,23H2,1-3H3. The molecule has 0 saturated carbocycles. The van der Waals surface area contributed by atoms with Crippen molar-refractivity contribution >= 4 is 22.8 Å². The molecule has 1 atom stereocenters. The molecule has 8 heteroatoms. The molecule has 0 spiro atoms. The molecule has 0 bridgehead atoms. The van der Waals surface area contributed by atoms with Gasteiger partial charge in [0, 0.05) is 24.3 Å². The Bertz CT molecular complexity index is 1010. The maximum absolute atomic E-state index is 11.8. The van der Waals surface area contributed by atoms with Gasteiger partial charge in [-0.15, -0.1) is 0 Å². The zero-order valence-corrected chi connectivity index (χ0v) is 17.6. The number of esters is 1. The van der Waals surface area contributed by atoms with E-state index >= 15 is 0 Å². The van der Waals surface area contributed by atoms with Crippen LogP contribution in [-0.4, -0.2) is 44.3 Å². The van der Waals surface area contributed by atoms with Crippen LogP contribution in [0.4, 0.5) is 5.69 Å². The Balaban J connectivity index is 1.59. The molecular weight excluding hydrogens is 382 g/mol. The van der Waals surface area contributed by atoms with Crippen molar-refractivity contribution in [1.29, 1.82) is 0 Å². The minimum absolute atomic E-state index is 0.212. The van der Waals surface area contributed by atoms with Crippen LogP contribution in [0.15, 0.2) is 42.7 Å². The number of carbonyl (C=O) groups is 1. The van der Waals surface area contributed by atoms with Crippen molar-refractivity contribution in [2.75, 3.05) is 18.9 Å². The number of anilines is 1. The molecule has 0 aliphatic rings. The van der Waals surface area contributed by atoms with Crippen LogP contribution in [0.1, 0.15) is 49.3 Å². The fourth-order valence-electron chi connectivity index (χ4n) is 3.19. The number of nitrogens with two attached hydrogens (primary N) is 1. The van der Waals surface area contributed by atoms with Gasteiger partial charge < -0.3 is 25.5 Å². The van der Waals surface area contributed by atoms with E-state index in [0.717, 1.165) is 17.5 Å². The first kappa shape index (κ1) is 21.7. The van der Waals surface area contributed by atoms with E-state index < -0.39 is 12.1 Å². The van der Waals surface area contributed by atoms with Crippen LogP contribution >= 0.6 is 0 Å². The Hall–Kier alpha value is -2.97. The predicted molar refractivity (Wildman–Crippen MR) is 116 cm³/mol. The number of imidazole rings is 1. The highest BCUT2D eigenvalue weighted by Gasteiger charge is 2.20. The number of hydrogen-bond acceptors (Lipinski definition) is 7. The van der Waals surface area contributed by atoms with Crippen molar-refractivity contribution in [3.8, 4) is 0 Å². The van der Waals surface area contributed by atoms with E-state index in [-0.39, 0.29) is 11.2 Å². The van der Waals surface area contributed by atoms with Crippen molar-refractivity contribution in [2.45, 2.75) is 45.4 Å². The fourth-order valence-corrected chi connectivity index (χ4v) is 3.19. The molecule has 2 heterocycles. The average Bonchev–Trinajstić information content (AvgIpc) is 3.13. The molecule has 1 aromatic carbocycles. The Morgan fingerprint density at radius 2 is 2.13 bits per heavy atom. The van der Waals surface area contributed by atoms with Crippen LogP contribution in [0.3, 0.4) is 0 Å². The molecule has 3 rings (SSSR count). The summed E-state index contributed by atoms with van der Waals surface area (Å²) in [5.74, 6) is -0.446. The number of pyridine rings is 1. The van der Waals surface area contributed by atoms with E-state index in [2.05, 4.69) is 29.1 Å². The summed E-state index contributed by atoms with van der Waals surface area (Å²) < 4.78 is 7.00. The molecule has 0 radical (unpaired) electrons. The predicted octanol–water partition coefficient (Wildman–Crippen LogP) is 2.68. The molecule has 4 N–H and O–H groups in total. The average molecular weight is 412 g/mol. The molecule has 160 valence electrons. The first-order valence-corrected chi connectivity index (χ1v) is 10.1. The number of aromatic nitrogens is 3. The summed E-state index contributed by atoms with van der Waals surface area (Å²) in [6, 6.07) is 10.8. The van der Waals surface area contributed by atoms with E-state index in [1.165, 1.54) is 0 Å². The monoisotopic (exact) mass is 411 g/mol. The third-order valence-electron chi connectivity index (χ3n) is 5.02. The molecule has 8 nitrogen and oxygen atoms in total. The molecule has 30 heavy (non-hydrogen) atoms. The van der Waals surface area contributed by atoms with E-state index in [0.29, 0.717) is 31.0 Å². The highest BCUT2D eigenvalue weighted by atomic mass is 16.5. The number of nitrogens with zero attached hydrogens (tertiary/aromatic N) is 3. The van der Waals surface area contributed by atoms with Gasteiger partial charge >= 0.3 is 5.97 Å². The second-order valence-electron chi connectivity index (χ2n) is 7.90. The van der Waals surface area contributed by atoms with Crippen molar-refractivity contribution in [2.24, 2.45) is 0 Å². The number of carbonyl (C=O) groups excluding carboxylic acids is 1. The topological polar surface area (TPSA) is 115 Å². The molecule has 0 amide bonds. The maximum atomic E-state index is 11.8. The van der Waals surface area contributed by atoms with Gasteiger partial charge in [-0.05, 0) is 57.0 Å². The number of fused-ring (bicyclic) bond motifs is 1. The number of aryl methyl sites for hydroxylation is 1. The van der Waals surface area contributed by atoms with Gasteiger partial charge in [-0.2, -0.15) is 0 Å². The number of nitrogens with one attached hydrogen (secondary N) is 1. The number of ether oxygens (including phenoxy) is 1. The molecule has 2 aromatic heterocycles. The second kappa shape index (κ2) is 9.23. The molecule has 0 aliphatic carbocycles. The Kier molecular flexibility index (Phi) is 6.69. The summed E-state index contributed by atoms with van der Waals surface area (Å²) in [7, 11) is 0. The minimum atomic E-state index is -0.632. The normalized spacial score (nSPS) is 12.8. The number of nitrogen functional groups attached to an aromatic ring is 1. The van der Waals surface area contributed by atoms with Gasteiger partial charge in [0.1, 0.15) is 0 Å². The summed E-state index contributed by atoms with van der Waals surface area (Å²) >= 11 is 0. The van der Waals surface area contributed by atoms with Crippen LogP contribution in [0.2, 0.25) is 0 Å². The van der Waals surface area contributed by atoms with Gasteiger partial charge in [-0.3, -0.25) is 0 Å². The van der Waals surface area contributed by atoms with Gasteiger partial charge in [-0.1, -0.05) is 12.1 Å². The largest absolute Gasteiger partial charge is 0.461 e. The first-order chi connectivity index (χ1) is 14.3. The smallest absolute Gasteiger partial charge is 0.357 e. The van der Waals surface area contributed by atoms with Crippen molar-refractivity contribution in [1.82, 2.24) is 19.9 Å². The molecule has 0 fully saturated rings. The van der Waals surface area contributed by atoms with Crippen LogP contribution in [0.25, 0.3) is 11.2 Å². The Morgan fingerprint density at radius 1 is 1.33 bits per heavy atom. The lowest BCUT2D eigenvalue weighted by Gasteiger charge is -2.28. The lowest BCUT2D eigenvalue weighted by Crippen LogP contribution is -2.42. The third-order valence-corrected chi connectivity index (χ3v) is 5.02.